The number of carbonyl (C=O) groups is 2. The summed E-state index contributed by atoms with van der Waals surface area (Å²) in [4.78, 5) is 26.1. The average Bonchev–Trinajstić information content (AvgIpc) is 2.88. The fourth-order valence-corrected chi connectivity index (χ4v) is 2.65. The molecule has 0 bridgehead atoms. The second kappa shape index (κ2) is 6.64. The molecule has 0 aromatic heterocycles. The van der Waals surface area contributed by atoms with Crippen LogP contribution in [0.15, 0.2) is 18.2 Å². The quantitative estimate of drug-likeness (QED) is 0.863. The summed E-state index contributed by atoms with van der Waals surface area (Å²) in [6.45, 7) is 3.30. The minimum Gasteiger partial charge on any atom is -0.336 e. The van der Waals surface area contributed by atoms with E-state index in [9.17, 15) is 9.59 Å². The molecule has 0 radical (unpaired) electrons. The molecule has 1 aromatic carbocycles. The first-order valence-electron chi connectivity index (χ1n) is 6.76. The molecule has 0 aliphatic carbocycles. The van der Waals surface area contributed by atoms with E-state index in [1.54, 1.807) is 6.07 Å². The zero-order valence-corrected chi connectivity index (χ0v) is 13.5. The van der Waals surface area contributed by atoms with Crippen molar-refractivity contribution in [3.63, 3.8) is 0 Å². The molecule has 21 heavy (non-hydrogen) atoms. The highest BCUT2D eigenvalue weighted by atomic mass is 35.5. The van der Waals surface area contributed by atoms with E-state index >= 15 is 0 Å². The van der Waals surface area contributed by atoms with E-state index < -0.39 is 0 Å². The van der Waals surface area contributed by atoms with Gasteiger partial charge in [0.2, 0.25) is 0 Å². The highest BCUT2D eigenvalue weighted by Crippen LogP contribution is 2.24. The Balaban J connectivity index is 2.05. The maximum atomic E-state index is 12.3. The molecule has 2 rings (SSSR count). The number of quaternary nitrogens is 1. The lowest BCUT2D eigenvalue weighted by Gasteiger charge is -2.24. The Morgan fingerprint density at radius 3 is 2.81 bits per heavy atom. The number of amides is 3. The molecule has 1 aromatic rings. The minimum atomic E-state index is -0.344. The maximum absolute atomic E-state index is 12.3. The topological polar surface area (TPSA) is 53.9 Å². The van der Waals surface area contributed by atoms with Gasteiger partial charge in [-0.3, -0.25) is 9.69 Å². The number of nitrogens with zero attached hydrogens (tertiary/aromatic N) is 1. The number of halogens is 2. The lowest BCUT2D eigenvalue weighted by atomic mass is 10.2. The molecule has 1 aliphatic heterocycles. The number of rotatable bonds is 4. The maximum Gasteiger partial charge on any atom is 0.324 e. The van der Waals surface area contributed by atoms with Crippen LogP contribution in [-0.4, -0.2) is 43.0 Å². The van der Waals surface area contributed by atoms with Crippen LogP contribution in [0.4, 0.5) is 4.79 Å². The smallest absolute Gasteiger partial charge is 0.324 e. The van der Waals surface area contributed by atoms with Crippen LogP contribution in [0.5, 0.6) is 0 Å². The van der Waals surface area contributed by atoms with Crippen LogP contribution in [0.2, 0.25) is 10.0 Å². The number of likely N-dealkylation sites (N-methyl/N-ethyl adjacent to an activating group) is 1. The molecular weight excluding hydrogens is 313 g/mol. The van der Waals surface area contributed by atoms with Crippen molar-refractivity contribution < 1.29 is 14.5 Å². The third-order valence-corrected chi connectivity index (χ3v) is 4.59. The van der Waals surface area contributed by atoms with Crippen LogP contribution in [0.25, 0.3) is 0 Å². The van der Waals surface area contributed by atoms with Gasteiger partial charge in [0, 0.05) is 18.7 Å². The number of imide groups is 1. The van der Waals surface area contributed by atoms with Crippen molar-refractivity contribution in [1.29, 1.82) is 0 Å². The number of carbonyl (C=O) groups excluding carboxylic acids is 2. The van der Waals surface area contributed by atoms with Crippen LogP contribution < -0.4 is 10.2 Å². The number of benzene rings is 1. The molecule has 1 heterocycles. The van der Waals surface area contributed by atoms with Gasteiger partial charge >= 0.3 is 6.03 Å². The van der Waals surface area contributed by atoms with E-state index in [2.05, 4.69) is 5.32 Å². The largest absolute Gasteiger partial charge is 0.336 e. The summed E-state index contributed by atoms with van der Waals surface area (Å²) < 4.78 is 0. The molecule has 3 amide bonds. The predicted molar refractivity (Wildman–Crippen MR) is 81.6 cm³/mol. The normalized spacial score (nSPS) is 17.5. The number of hydrogen-bond acceptors (Lipinski definition) is 2. The van der Waals surface area contributed by atoms with Gasteiger partial charge in [-0.1, -0.05) is 35.3 Å². The average molecular weight is 331 g/mol. The lowest BCUT2D eigenvalue weighted by molar-refractivity contribution is -0.908. The molecule has 114 valence electrons. The zero-order chi connectivity index (χ0) is 15.6. The van der Waals surface area contributed by atoms with Crippen molar-refractivity contribution in [2.24, 2.45) is 0 Å². The summed E-state index contributed by atoms with van der Waals surface area (Å²) >= 11 is 12.2. The third kappa shape index (κ3) is 3.48. The summed E-state index contributed by atoms with van der Waals surface area (Å²) in [6, 6.07) is 4.78. The van der Waals surface area contributed by atoms with Gasteiger partial charge in [-0.15, -0.1) is 0 Å². The summed E-state index contributed by atoms with van der Waals surface area (Å²) in [7, 11) is 1.90. The molecule has 1 aliphatic rings. The van der Waals surface area contributed by atoms with Crippen molar-refractivity contribution in [1.82, 2.24) is 10.2 Å². The first kappa shape index (κ1) is 16.1. The van der Waals surface area contributed by atoms with E-state index in [1.165, 1.54) is 4.90 Å². The van der Waals surface area contributed by atoms with Gasteiger partial charge in [0.05, 0.1) is 17.1 Å². The molecule has 0 spiro atoms. The van der Waals surface area contributed by atoms with E-state index in [4.69, 9.17) is 23.2 Å². The Kier molecular flexibility index (Phi) is 5.08. The van der Waals surface area contributed by atoms with Crippen LogP contribution in [0, 0.1) is 0 Å². The molecule has 1 unspecified atom stereocenters. The third-order valence-electron chi connectivity index (χ3n) is 3.73. The second-order valence-electron chi connectivity index (χ2n) is 5.18. The first-order valence-corrected chi connectivity index (χ1v) is 7.51. The number of nitrogens with one attached hydrogen (secondary N) is 2. The Morgan fingerprint density at radius 1 is 1.48 bits per heavy atom. The van der Waals surface area contributed by atoms with Gasteiger partial charge in [0.15, 0.2) is 6.04 Å². The Bertz CT molecular complexity index is 565. The van der Waals surface area contributed by atoms with E-state index in [-0.39, 0.29) is 18.0 Å². The molecular formula is C14H18Cl2N3O2+. The summed E-state index contributed by atoms with van der Waals surface area (Å²) in [5.41, 5.74) is 0.882. The monoisotopic (exact) mass is 330 g/mol. The number of urea groups is 1. The summed E-state index contributed by atoms with van der Waals surface area (Å²) in [5.74, 6) is -0.180. The molecule has 7 heteroatoms. The van der Waals surface area contributed by atoms with Gasteiger partial charge in [0.25, 0.3) is 5.91 Å². The molecule has 5 nitrogen and oxygen atoms in total. The first-order chi connectivity index (χ1) is 9.91. The SMILES string of the molecule is C[C@@H](C(=O)N1CCNC1=O)[NH+](C)Cc1cccc(Cl)c1Cl. The van der Waals surface area contributed by atoms with E-state index in [0.29, 0.717) is 29.7 Å². The van der Waals surface area contributed by atoms with Gasteiger partial charge in [0.1, 0.15) is 6.54 Å². The Hall–Kier alpha value is -1.30. The van der Waals surface area contributed by atoms with E-state index in [1.807, 2.05) is 26.1 Å². The molecule has 1 fully saturated rings. The zero-order valence-electron chi connectivity index (χ0n) is 12.0. The van der Waals surface area contributed by atoms with Crippen LogP contribution in [0.3, 0.4) is 0 Å². The second-order valence-corrected chi connectivity index (χ2v) is 5.96. The highest BCUT2D eigenvalue weighted by Gasteiger charge is 2.33. The lowest BCUT2D eigenvalue weighted by Crippen LogP contribution is -3.12. The summed E-state index contributed by atoms with van der Waals surface area (Å²) in [5, 5.41) is 3.64. The fourth-order valence-electron chi connectivity index (χ4n) is 2.26. The van der Waals surface area contributed by atoms with Crippen LogP contribution in [-0.2, 0) is 11.3 Å². The summed E-state index contributed by atoms with van der Waals surface area (Å²) in [6.07, 6.45) is 0. The van der Waals surface area contributed by atoms with Crippen molar-refractivity contribution in [3.8, 4) is 0 Å². The van der Waals surface area contributed by atoms with Crippen molar-refractivity contribution >= 4 is 35.1 Å². The molecule has 2 atom stereocenters. The van der Waals surface area contributed by atoms with Gasteiger partial charge in [-0.2, -0.15) is 0 Å². The Labute approximate surface area is 133 Å². The van der Waals surface area contributed by atoms with Crippen LogP contribution >= 0.6 is 23.2 Å². The molecule has 2 N–H and O–H groups in total. The van der Waals surface area contributed by atoms with E-state index in [0.717, 1.165) is 10.5 Å². The minimum absolute atomic E-state index is 0.180. The highest BCUT2D eigenvalue weighted by molar-refractivity contribution is 6.42. The fraction of sp³-hybridized carbons (Fsp3) is 0.429. The molecule has 0 saturated carbocycles. The standard InChI is InChI=1S/C14H17Cl2N3O2/c1-9(13(20)19-7-6-17-14(19)21)18(2)8-10-4-3-5-11(15)12(10)16/h3-5,9H,6-8H2,1-2H3,(H,17,21)/p+1/t9-/m0/s1. The van der Waals surface area contributed by atoms with Gasteiger partial charge in [-0.05, 0) is 13.0 Å². The van der Waals surface area contributed by atoms with Crippen molar-refractivity contribution in [2.45, 2.75) is 19.5 Å². The van der Waals surface area contributed by atoms with Gasteiger partial charge < -0.3 is 10.2 Å². The molecule has 1 saturated heterocycles. The number of hydrogen-bond donors (Lipinski definition) is 2. The Morgan fingerprint density at radius 2 is 2.19 bits per heavy atom. The predicted octanol–water partition coefficient (Wildman–Crippen LogP) is 0.948. The van der Waals surface area contributed by atoms with Gasteiger partial charge in [-0.25, -0.2) is 4.79 Å². The van der Waals surface area contributed by atoms with Crippen LogP contribution in [0.1, 0.15) is 12.5 Å². The van der Waals surface area contributed by atoms with Crippen molar-refractivity contribution in [3.05, 3.63) is 33.8 Å². The van der Waals surface area contributed by atoms with Crippen molar-refractivity contribution in [2.75, 3.05) is 20.1 Å².